The van der Waals surface area contributed by atoms with E-state index >= 15 is 0 Å². The number of hydrogen-bond acceptors (Lipinski definition) is 7. The van der Waals surface area contributed by atoms with Crippen LogP contribution >= 0.6 is 11.6 Å². The highest BCUT2D eigenvalue weighted by Crippen LogP contribution is 2.27. The van der Waals surface area contributed by atoms with Crippen molar-refractivity contribution in [3.05, 3.63) is 59.8 Å². The monoisotopic (exact) mass is 542 g/mol. The Morgan fingerprint density at radius 3 is 2.46 bits per heavy atom. The maximum absolute atomic E-state index is 13.3. The summed E-state index contributed by atoms with van der Waals surface area (Å²) in [6, 6.07) is 14.6. The van der Waals surface area contributed by atoms with Crippen LogP contribution in [0, 0.1) is 0 Å². The third kappa shape index (κ3) is 5.24. The molecule has 0 spiro atoms. The Hall–Kier alpha value is -2.92. The molecule has 0 bridgehead atoms. The molecule has 11 heteroatoms. The molecule has 3 heterocycles. The zero-order valence-corrected chi connectivity index (χ0v) is 22.5. The Balaban J connectivity index is 1.21. The number of piperidine rings is 1. The number of nitrogens with zero attached hydrogens (tertiary/aromatic N) is 5. The molecular weight excluding hydrogens is 512 g/mol. The highest BCUT2D eigenvalue weighted by Gasteiger charge is 2.36. The molecule has 0 unspecified atom stereocenters. The number of hydrazine groups is 1. The average molecular weight is 543 g/mol. The van der Waals surface area contributed by atoms with Gasteiger partial charge in [-0.25, -0.2) is 18.4 Å². The Morgan fingerprint density at radius 2 is 1.73 bits per heavy atom. The number of anilines is 2. The van der Waals surface area contributed by atoms with Gasteiger partial charge in [-0.05, 0) is 53.9 Å². The van der Waals surface area contributed by atoms with E-state index in [1.807, 2.05) is 31.2 Å². The minimum absolute atomic E-state index is 0.173. The number of halogens is 1. The number of nitrogens with one attached hydrogen (secondary N) is 1. The Morgan fingerprint density at radius 1 is 1.00 bits per heavy atom. The fourth-order valence-electron chi connectivity index (χ4n) is 5.13. The molecule has 2 fully saturated rings. The number of carbonyl (C=O) groups excluding carboxylic acids is 1. The first-order valence-corrected chi connectivity index (χ1v) is 14.2. The molecule has 1 N–H and O–H groups in total. The second kappa shape index (κ2) is 10.4. The molecule has 2 aromatic carbocycles. The lowest BCUT2D eigenvalue weighted by atomic mass is 10.0. The van der Waals surface area contributed by atoms with Crippen LogP contribution in [-0.4, -0.2) is 86.5 Å². The summed E-state index contributed by atoms with van der Waals surface area (Å²) in [5.74, 6) is 0.628. The zero-order chi connectivity index (χ0) is 26.2. The van der Waals surface area contributed by atoms with Gasteiger partial charge < -0.3 is 10.2 Å². The molecule has 5 rings (SSSR count). The number of piperazine rings is 1. The van der Waals surface area contributed by atoms with Crippen molar-refractivity contribution < 1.29 is 13.2 Å². The second-order valence-electron chi connectivity index (χ2n) is 9.45. The molecule has 9 nitrogen and oxygen atoms in total. The number of rotatable bonds is 6. The summed E-state index contributed by atoms with van der Waals surface area (Å²) >= 11 is 6.05. The smallest absolute Gasteiger partial charge is 0.252 e. The number of aromatic nitrogens is 1. The molecule has 2 aliphatic heterocycles. The topological polar surface area (TPSA) is 89.1 Å². The summed E-state index contributed by atoms with van der Waals surface area (Å²) in [7, 11) is -0.00923. The van der Waals surface area contributed by atoms with Crippen LogP contribution in [0.5, 0.6) is 0 Å². The van der Waals surface area contributed by atoms with Crippen molar-refractivity contribution in [1.82, 2.24) is 19.3 Å². The van der Waals surface area contributed by atoms with Crippen LogP contribution in [0.1, 0.15) is 12.8 Å². The predicted octanol–water partition coefficient (Wildman–Crippen LogP) is 3.28. The van der Waals surface area contributed by atoms with Gasteiger partial charge in [-0.1, -0.05) is 23.7 Å². The Bertz CT molecular complexity index is 1410. The molecule has 0 saturated carbocycles. The van der Waals surface area contributed by atoms with Gasteiger partial charge in [-0.3, -0.25) is 9.80 Å². The molecular formula is C26H31ClN6O3S. The molecule has 0 atom stereocenters. The summed E-state index contributed by atoms with van der Waals surface area (Å²) in [4.78, 5) is 19.9. The number of benzene rings is 2. The van der Waals surface area contributed by atoms with E-state index in [0.29, 0.717) is 11.6 Å². The second-order valence-corrected chi connectivity index (χ2v) is 11.8. The number of carbonyl (C=O) groups is 1. The Kier molecular flexibility index (Phi) is 7.26. The van der Waals surface area contributed by atoms with E-state index in [-0.39, 0.29) is 29.9 Å². The fourth-order valence-corrected chi connectivity index (χ4v) is 6.73. The maximum atomic E-state index is 13.3. The van der Waals surface area contributed by atoms with Crippen molar-refractivity contribution in [2.45, 2.75) is 23.8 Å². The summed E-state index contributed by atoms with van der Waals surface area (Å²) in [6.07, 6.45) is 3.61. The number of hydrogen-bond donors (Lipinski definition) is 1. The lowest BCUT2D eigenvalue weighted by Gasteiger charge is -2.45. The van der Waals surface area contributed by atoms with Crippen molar-refractivity contribution >= 4 is 49.8 Å². The van der Waals surface area contributed by atoms with E-state index in [9.17, 15) is 13.2 Å². The number of fused-ring (bicyclic) bond motifs is 1. The first kappa shape index (κ1) is 25.7. The third-order valence-corrected chi connectivity index (χ3v) is 9.39. The van der Waals surface area contributed by atoms with Crippen LogP contribution in [0.15, 0.2) is 59.6 Å². The van der Waals surface area contributed by atoms with E-state index in [0.717, 1.165) is 48.2 Å². The van der Waals surface area contributed by atoms with Crippen molar-refractivity contribution in [3.8, 4) is 0 Å². The first-order valence-electron chi connectivity index (χ1n) is 12.4. The minimum Gasteiger partial charge on any atom is -0.373 e. The summed E-state index contributed by atoms with van der Waals surface area (Å²) in [5, 5.41) is 9.04. The normalized spacial score (nSPS) is 18.1. The van der Waals surface area contributed by atoms with Crippen LogP contribution in [-0.2, 0) is 14.8 Å². The summed E-state index contributed by atoms with van der Waals surface area (Å²) < 4.78 is 28.0. The SMILES string of the molecule is CNc1cc(N2CCC(N(C)N3CCN(S(=O)(=O)c4ccc5cc(Cl)ccc5c4)CC3=O)CC2)ccn1. The van der Waals surface area contributed by atoms with Gasteiger partial charge in [0.05, 0.1) is 18.0 Å². The van der Waals surface area contributed by atoms with Crippen molar-refractivity contribution in [3.63, 3.8) is 0 Å². The van der Waals surface area contributed by atoms with Gasteiger partial charge in [-0.2, -0.15) is 4.31 Å². The van der Waals surface area contributed by atoms with Crippen molar-refractivity contribution in [2.75, 3.05) is 57.0 Å². The maximum Gasteiger partial charge on any atom is 0.252 e. The van der Waals surface area contributed by atoms with E-state index in [1.165, 1.54) is 4.31 Å². The fraction of sp³-hybridized carbons (Fsp3) is 0.385. The van der Waals surface area contributed by atoms with Gasteiger partial charge in [0.1, 0.15) is 5.82 Å². The minimum atomic E-state index is -3.80. The van der Waals surface area contributed by atoms with Crippen molar-refractivity contribution in [1.29, 1.82) is 0 Å². The van der Waals surface area contributed by atoms with Gasteiger partial charge in [0.25, 0.3) is 5.91 Å². The molecule has 0 aliphatic carbocycles. The van der Waals surface area contributed by atoms with Crippen LogP contribution in [0.2, 0.25) is 5.02 Å². The summed E-state index contributed by atoms with van der Waals surface area (Å²) in [6.45, 7) is 2.15. The third-order valence-electron chi connectivity index (χ3n) is 7.31. The Labute approximate surface area is 222 Å². The molecule has 3 aromatic rings. The van der Waals surface area contributed by atoms with E-state index in [4.69, 9.17) is 11.6 Å². The lowest BCUT2D eigenvalue weighted by Crippen LogP contribution is -2.60. The van der Waals surface area contributed by atoms with Gasteiger partial charge in [0.15, 0.2) is 0 Å². The van der Waals surface area contributed by atoms with Crippen LogP contribution in [0.4, 0.5) is 11.5 Å². The average Bonchev–Trinajstić information content (AvgIpc) is 2.92. The molecule has 37 heavy (non-hydrogen) atoms. The number of pyridine rings is 1. The highest BCUT2D eigenvalue weighted by molar-refractivity contribution is 7.89. The molecule has 1 aromatic heterocycles. The van der Waals surface area contributed by atoms with Gasteiger partial charge >= 0.3 is 0 Å². The largest absolute Gasteiger partial charge is 0.373 e. The van der Waals surface area contributed by atoms with Crippen molar-refractivity contribution in [2.24, 2.45) is 0 Å². The van der Waals surface area contributed by atoms with E-state index in [2.05, 4.69) is 15.2 Å². The van der Waals surface area contributed by atoms with Gasteiger partial charge in [-0.15, -0.1) is 0 Å². The number of sulfonamides is 1. The highest BCUT2D eigenvalue weighted by atomic mass is 35.5. The van der Waals surface area contributed by atoms with E-state index < -0.39 is 10.0 Å². The molecule has 0 radical (unpaired) electrons. The first-order chi connectivity index (χ1) is 17.8. The quantitative estimate of drug-likeness (QED) is 0.511. The number of amides is 1. The molecule has 2 aliphatic rings. The molecule has 1 amide bonds. The predicted molar refractivity (Wildman–Crippen MR) is 146 cm³/mol. The van der Waals surface area contributed by atoms with Crippen LogP contribution < -0.4 is 10.2 Å². The lowest BCUT2D eigenvalue weighted by molar-refractivity contribution is -0.156. The van der Waals surface area contributed by atoms with Gasteiger partial charge in [0, 0.05) is 62.7 Å². The zero-order valence-electron chi connectivity index (χ0n) is 21.0. The molecule has 2 saturated heterocycles. The van der Waals surface area contributed by atoms with Gasteiger partial charge in [0.2, 0.25) is 10.0 Å². The summed E-state index contributed by atoms with van der Waals surface area (Å²) in [5.41, 5.74) is 1.13. The molecule has 196 valence electrons. The van der Waals surface area contributed by atoms with E-state index in [1.54, 1.807) is 47.6 Å². The van der Waals surface area contributed by atoms with Crippen LogP contribution in [0.3, 0.4) is 0 Å². The van der Waals surface area contributed by atoms with Crippen LogP contribution in [0.25, 0.3) is 10.8 Å². The standard InChI is InChI=1S/C26H31ClN6O3S/c1-28-25-17-23(7-10-29-25)31-11-8-22(9-12-31)30(2)33-14-13-32(18-26(33)34)37(35,36)24-6-4-19-15-21(27)5-3-20(19)16-24/h3-7,10,15-17,22H,8-9,11-14,18H2,1-2H3,(H,28,29).